The summed E-state index contributed by atoms with van der Waals surface area (Å²) in [6.45, 7) is 5.80. The van der Waals surface area contributed by atoms with Crippen molar-refractivity contribution >= 4 is 0 Å². The van der Waals surface area contributed by atoms with Crippen LogP contribution in [0.5, 0.6) is 0 Å². The highest BCUT2D eigenvalue weighted by molar-refractivity contribution is 5.00. The SMILES string of the molecule is c1cnnc(CN2CCCC3(CCNCC3)C2)c1. The van der Waals surface area contributed by atoms with E-state index < -0.39 is 0 Å². The van der Waals surface area contributed by atoms with Gasteiger partial charge in [0.25, 0.3) is 0 Å². The molecule has 0 amide bonds. The summed E-state index contributed by atoms with van der Waals surface area (Å²) >= 11 is 0. The maximum Gasteiger partial charge on any atom is 0.0771 e. The zero-order valence-electron chi connectivity index (χ0n) is 10.9. The number of hydrogen-bond donors (Lipinski definition) is 1. The molecule has 0 saturated carbocycles. The van der Waals surface area contributed by atoms with Crippen molar-refractivity contribution < 1.29 is 0 Å². The molecule has 0 unspecified atom stereocenters. The van der Waals surface area contributed by atoms with Crippen LogP contribution in [0.15, 0.2) is 18.3 Å². The predicted molar refractivity (Wildman–Crippen MR) is 71.1 cm³/mol. The number of nitrogens with one attached hydrogen (secondary N) is 1. The maximum atomic E-state index is 4.20. The van der Waals surface area contributed by atoms with E-state index in [1.54, 1.807) is 6.20 Å². The number of piperidine rings is 2. The molecule has 0 aliphatic carbocycles. The second-order valence-corrected chi connectivity index (χ2v) is 5.78. The van der Waals surface area contributed by atoms with E-state index in [0.29, 0.717) is 5.41 Å². The molecular weight excluding hydrogens is 224 g/mol. The van der Waals surface area contributed by atoms with Crippen molar-refractivity contribution in [3.63, 3.8) is 0 Å². The Kier molecular flexibility index (Phi) is 3.57. The third-order valence-electron chi connectivity index (χ3n) is 4.42. The molecule has 18 heavy (non-hydrogen) atoms. The van der Waals surface area contributed by atoms with Gasteiger partial charge in [0.1, 0.15) is 0 Å². The molecule has 2 aliphatic rings. The van der Waals surface area contributed by atoms with Gasteiger partial charge in [0, 0.05) is 19.3 Å². The van der Waals surface area contributed by atoms with Crippen LogP contribution in [0.1, 0.15) is 31.4 Å². The van der Waals surface area contributed by atoms with Gasteiger partial charge in [-0.25, -0.2) is 0 Å². The molecule has 1 aromatic rings. The monoisotopic (exact) mass is 246 g/mol. The molecule has 98 valence electrons. The molecule has 0 aromatic carbocycles. The highest BCUT2D eigenvalue weighted by Crippen LogP contribution is 2.38. The Bertz CT molecular complexity index is 367. The number of hydrogen-bond acceptors (Lipinski definition) is 4. The lowest BCUT2D eigenvalue weighted by molar-refractivity contribution is 0.0543. The first kappa shape index (κ1) is 12.1. The Labute approximate surface area is 109 Å². The lowest BCUT2D eigenvalue weighted by atomic mass is 9.73. The summed E-state index contributed by atoms with van der Waals surface area (Å²) in [7, 11) is 0. The van der Waals surface area contributed by atoms with Crippen molar-refractivity contribution in [2.45, 2.75) is 32.2 Å². The molecule has 2 aliphatic heterocycles. The average Bonchev–Trinajstić information content (AvgIpc) is 2.41. The average molecular weight is 246 g/mol. The zero-order chi connectivity index (χ0) is 12.3. The van der Waals surface area contributed by atoms with Crippen molar-refractivity contribution in [2.75, 3.05) is 26.2 Å². The topological polar surface area (TPSA) is 41.1 Å². The summed E-state index contributed by atoms with van der Waals surface area (Å²) in [6.07, 6.45) is 7.16. The molecule has 3 rings (SSSR count). The van der Waals surface area contributed by atoms with Gasteiger partial charge in [-0.3, -0.25) is 4.90 Å². The largest absolute Gasteiger partial charge is 0.317 e. The minimum absolute atomic E-state index is 0.575. The highest BCUT2D eigenvalue weighted by Gasteiger charge is 2.36. The third kappa shape index (κ3) is 2.70. The minimum atomic E-state index is 0.575. The molecular formula is C14H22N4. The second kappa shape index (κ2) is 5.33. The predicted octanol–water partition coefficient (Wildman–Crippen LogP) is 1.44. The smallest absolute Gasteiger partial charge is 0.0771 e. The summed E-state index contributed by atoms with van der Waals surface area (Å²) in [5, 5.41) is 11.6. The molecule has 3 heterocycles. The van der Waals surface area contributed by atoms with Crippen molar-refractivity contribution in [2.24, 2.45) is 5.41 Å². The van der Waals surface area contributed by atoms with Crippen molar-refractivity contribution in [1.29, 1.82) is 0 Å². The maximum absolute atomic E-state index is 4.20. The third-order valence-corrected chi connectivity index (χ3v) is 4.42. The molecule has 1 spiro atoms. The molecule has 4 nitrogen and oxygen atoms in total. The van der Waals surface area contributed by atoms with Gasteiger partial charge < -0.3 is 5.32 Å². The van der Waals surface area contributed by atoms with E-state index in [9.17, 15) is 0 Å². The summed E-state index contributed by atoms with van der Waals surface area (Å²) in [6, 6.07) is 4.06. The molecule has 1 aromatic heterocycles. The van der Waals surface area contributed by atoms with E-state index in [2.05, 4.69) is 26.5 Å². The fraction of sp³-hybridized carbons (Fsp3) is 0.714. The van der Waals surface area contributed by atoms with Gasteiger partial charge in [0.2, 0.25) is 0 Å². The standard InChI is InChI=1S/C14H22N4/c1-3-13(17-16-7-1)11-18-10-2-4-14(12-18)5-8-15-9-6-14/h1,3,7,15H,2,4-6,8-12H2. The van der Waals surface area contributed by atoms with Crippen LogP contribution in [-0.2, 0) is 6.54 Å². The summed E-state index contributed by atoms with van der Waals surface area (Å²) < 4.78 is 0. The van der Waals surface area contributed by atoms with Crippen LogP contribution in [0.4, 0.5) is 0 Å². The van der Waals surface area contributed by atoms with E-state index >= 15 is 0 Å². The van der Waals surface area contributed by atoms with E-state index in [1.807, 2.05) is 6.07 Å². The zero-order valence-corrected chi connectivity index (χ0v) is 10.9. The first-order valence-corrected chi connectivity index (χ1v) is 7.06. The van der Waals surface area contributed by atoms with Gasteiger partial charge in [-0.1, -0.05) is 0 Å². The summed E-state index contributed by atoms with van der Waals surface area (Å²) in [5.41, 5.74) is 1.68. The van der Waals surface area contributed by atoms with E-state index in [1.165, 1.54) is 51.9 Å². The number of likely N-dealkylation sites (tertiary alicyclic amines) is 1. The summed E-state index contributed by atoms with van der Waals surface area (Å²) in [5.74, 6) is 0. The van der Waals surface area contributed by atoms with Crippen LogP contribution < -0.4 is 5.32 Å². The molecule has 0 bridgehead atoms. The number of rotatable bonds is 2. The highest BCUT2D eigenvalue weighted by atomic mass is 15.2. The Hall–Kier alpha value is -1.00. The molecule has 0 atom stereocenters. The van der Waals surface area contributed by atoms with E-state index in [4.69, 9.17) is 0 Å². The Balaban J connectivity index is 1.63. The van der Waals surface area contributed by atoms with E-state index in [0.717, 1.165) is 12.2 Å². The Morgan fingerprint density at radius 2 is 2.17 bits per heavy atom. The molecule has 0 radical (unpaired) electrons. The Morgan fingerprint density at radius 3 is 2.94 bits per heavy atom. The first-order valence-electron chi connectivity index (χ1n) is 7.06. The summed E-state index contributed by atoms with van der Waals surface area (Å²) in [4.78, 5) is 2.57. The Morgan fingerprint density at radius 1 is 1.28 bits per heavy atom. The van der Waals surface area contributed by atoms with Gasteiger partial charge in [0.15, 0.2) is 0 Å². The molecule has 2 saturated heterocycles. The van der Waals surface area contributed by atoms with Crippen LogP contribution in [-0.4, -0.2) is 41.3 Å². The van der Waals surface area contributed by atoms with Crippen LogP contribution in [0, 0.1) is 5.41 Å². The van der Waals surface area contributed by atoms with Crippen LogP contribution in [0.25, 0.3) is 0 Å². The number of nitrogens with zero attached hydrogens (tertiary/aromatic N) is 3. The minimum Gasteiger partial charge on any atom is -0.317 e. The fourth-order valence-corrected chi connectivity index (χ4v) is 3.46. The van der Waals surface area contributed by atoms with Crippen molar-refractivity contribution in [3.05, 3.63) is 24.0 Å². The lowest BCUT2D eigenvalue weighted by Crippen LogP contribution is -2.48. The van der Waals surface area contributed by atoms with Gasteiger partial charge in [0.05, 0.1) is 5.69 Å². The molecule has 2 fully saturated rings. The van der Waals surface area contributed by atoms with E-state index in [-0.39, 0.29) is 0 Å². The van der Waals surface area contributed by atoms with Crippen molar-refractivity contribution in [1.82, 2.24) is 20.4 Å². The van der Waals surface area contributed by atoms with Gasteiger partial charge >= 0.3 is 0 Å². The van der Waals surface area contributed by atoms with Crippen LogP contribution in [0.3, 0.4) is 0 Å². The molecule has 1 N–H and O–H groups in total. The fourth-order valence-electron chi connectivity index (χ4n) is 3.46. The van der Waals surface area contributed by atoms with Gasteiger partial charge in [-0.2, -0.15) is 10.2 Å². The normalized spacial score (nSPS) is 24.2. The number of aromatic nitrogens is 2. The van der Waals surface area contributed by atoms with Crippen LogP contribution >= 0.6 is 0 Å². The van der Waals surface area contributed by atoms with Gasteiger partial charge in [-0.05, 0) is 62.9 Å². The van der Waals surface area contributed by atoms with Crippen LogP contribution in [0.2, 0.25) is 0 Å². The van der Waals surface area contributed by atoms with Crippen molar-refractivity contribution in [3.8, 4) is 0 Å². The first-order chi connectivity index (χ1) is 8.86. The quantitative estimate of drug-likeness (QED) is 0.857. The second-order valence-electron chi connectivity index (χ2n) is 5.78. The lowest BCUT2D eigenvalue weighted by Gasteiger charge is -2.45. The molecule has 4 heteroatoms. The van der Waals surface area contributed by atoms with Gasteiger partial charge in [-0.15, -0.1) is 0 Å².